The Hall–Kier alpha value is -0.200. The zero-order valence-electron chi connectivity index (χ0n) is 4.39. The topological polar surface area (TPSA) is 55.1 Å². The van der Waals surface area contributed by atoms with E-state index in [1.165, 1.54) is 0 Å². The molecule has 0 bridgehead atoms. The summed E-state index contributed by atoms with van der Waals surface area (Å²) in [5.41, 5.74) is 4.78. The van der Waals surface area contributed by atoms with Crippen molar-refractivity contribution < 1.29 is 4.79 Å². The van der Waals surface area contributed by atoms with Crippen molar-refractivity contribution in [3.8, 4) is 0 Å². The van der Waals surface area contributed by atoms with Crippen molar-refractivity contribution in [1.82, 2.24) is 3.57 Å². The molecule has 0 aliphatic heterocycles. The van der Waals surface area contributed by atoms with Gasteiger partial charge in [0.15, 0.2) is 0 Å². The van der Waals surface area contributed by atoms with Crippen LogP contribution in [0.1, 0.15) is 0 Å². The van der Waals surface area contributed by atoms with Gasteiger partial charge >= 0.3 is 58.4 Å². The molecule has 0 aromatic rings. The second-order valence-corrected chi connectivity index (χ2v) is 3.42. The molecule has 0 rings (SSSR count). The van der Waals surface area contributed by atoms with Crippen LogP contribution in [0.25, 0.3) is 0 Å². The summed E-state index contributed by atoms with van der Waals surface area (Å²) in [6.45, 7) is 3.50. The first-order chi connectivity index (χ1) is 3.77. The molecule has 0 saturated carbocycles. The number of nitrogens with two attached hydrogens (primary N) is 1. The van der Waals surface area contributed by atoms with E-state index in [-0.39, 0.29) is 0 Å². The van der Waals surface area contributed by atoms with Gasteiger partial charge in [0, 0.05) is 0 Å². The van der Waals surface area contributed by atoms with Crippen LogP contribution in [0.3, 0.4) is 0 Å². The molecule has 4 heteroatoms. The molecule has 0 aliphatic carbocycles. The fourth-order valence-electron chi connectivity index (χ4n) is 0.172. The molecule has 0 aromatic carbocycles. The summed E-state index contributed by atoms with van der Waals surface area (Å²) in [5, 5.41) is 0. The standard InChI is InChI=1S/C4H8N2OTe/c1-2-3-8-6-4(5)7/h2H,1,3H2,(H3,5,6,7). The summed E-state index contributed by atoms with van der Waals surface area (Å²) in [7, 11) is 0. The first-order valence-electron chi connectivity index (χ1n) is 2.05. The fourth-order valence-corrected chi connectivity index (χ4v) is 1.15. The third kappa shape index (κ3) is 5.80. The summed E-state index contributed by atoms with van der Waals surface area (Å²) >= 11 is -0.411. The van der Waals surface area contributed by atoms with Crippen LogP contribution in [0, 0.1) is 0 Å². The first kappa shape index (κ1) is 7.80. The van der Waals surface area contributed by atoms with E-state index in [0.717, 1.165) is 4.47 Å². The predicted molar refractivity (Wildman–Crippen MR) is 33.5 cm³/mol. The second kappa shape index (κ2) is 4.95. The number of nitrogens with one attached hydrogen (secondary N) is 1. The molecule has 0 fully saturated rings. The van der Waals surface area contributed by atoms with Crippen LogP contribution in [0.2, 0.25) is 4.47 Å². The normalized spacial score (nSPS) is 8.00. The summed E-state index contributed by atoms with van der Waals surface area (Å²) in [6.07, 6.45) is 1.78. The number of hydrogen-bond acceptors (Lipinski definition) is 1. The number of rotatable bonds is 3. The van der Waals surface area contributed by atoms with E-state index < -0.39 is 27.2 Å². The Morgan fingerprint density at radius 1 is 2.00 bits per heavy atom. The number of allylic oxidation sites excluding steroid dienone is 1. The number of amides is 2. The van der Waals surface area contributed by atoms with Crippen LogP contribution in [0.15, 0.2) is 12.7 Å². The van der Waals surface area contributed by atoms with Gasteiger partial charge in [0.2, 0.25) is 0 Å². The van der Waals surface area contributed by atoms with E-state index in [4.69, 9.17) is 5.73 Å². The van der Waals surface area contributed by atoms with Crippen molar-refractivity contribution in [3.05, 3.63) is 12.7 Å². The van der Waals surface area contributed by atoms with E-state index in [2.05, 4.69) is 10.1 Å². The zero-order valence-corrected chi connectivity index (χ0v) is 6.72. The Morgan fingerprint density at radius 2 is 2.62 bits per heavy atom. The van der Waals surface area contributed by atoms with Crippen molar-refractivity contribution in [3.63, 3.8) is 0 Å². The molecule has 0 aromatic heterocycles. The van der Waals surface area contributed by atoms with E-state index in [1.54, 1.807) is 6.08 Å². The van der Waals surface area contributed by atoms with Gasteiger partial charge < -0.3 is 0 Å². The molecule has 0 saturated heterocycles. The van der Waals surface area contributed by atoms with Crippen LogP contribution in [0.5, 0.6) is 0 Å². The Kier molecular flexibility index (Phi) is 4.82. The Morgan fingerprint density at radius 3 is 3.00 bits per heavy atom. The molecule has 3 nitrogen and oxygen atoms in total. The summed E-state index contributed by atoms with van der Waals surface area (Å²) in [4.78, 5) is 9.98. The number of primary amides is 1. The minimum absolute atomic E-state index is 0.411. The van der Waals surface area contributed by atoms with E-state index in [0.29, 0.717) is 0 Å². The predicted octanol–water partition coefficient (Wildman–Crippen LogP) is -0.122. The van der Waals surface area contributed by atoms with Gasteiger partial charge in [0.05, 0.1) is 0 Å². The Balaban J connectivity index is 2.93. The SMILES string of the molecule is C=CC[Te]NC(N)=O. The van der Waals surface area contributed by atoms with Crippen LogP contribution >= 0.6 is 0 Å². The molecule has 46 valence electrons. The number of hydrogen-bond donors (Lipinski definition) is 2. The molecule has 2 amide bonds. The minimum atomic E-state index is -0.422. The van der Waals surface area contributed by atoms with Crippen molar-refractivity contribution in [2.24, 2.45) is 5.73 Å². The molecule has 0 unspecified atom stereocenters. The monoisotopic (exact) mass is 230 g/mol. The summed E-state index contributed by atoms with van der Waals surface area (Å²) in [6, 6.07) is -0.422. The average Bonchev–Trinajstić information content (AvgIpc) is 1.66. The van der Waals surface area contributed by atoms with Crippen molar-refractivity contribution in [2.75, 3.05) is 0 Å². The average molecular weight is 228 g/mol. The molecule has 0 radical (unpaired) electrons. The second-order valence-electron chi connectivity index (χ2n) is 1.07. The van der Waals surface area contributed by atoms with Gasteiger partial charge in [-0.1, -0.05) is 0 Å². The number of carbonyl (C=O) groups excluding carboxylic acids is 1. The van der Waals surface area contributed by atoms with Gasteiger partial charge in [-0.15, -0.1) is 0 Å². The van der Waals surface area contributed by atoms with E-state index in [9.17, 15) is 4.79 Å². The first-order valence-corrected chi connectivity index (χ1v) is 4.87. The van der Waals surface area contributed by atoms with Crippen molar-refractivity contribution in [2.45, 2.75) is 4.47 Å². The number of carbonyl (C=O) groups is 1. The summed E-state index contributed by atoms with van der Waals surface area (Å²) in [5.74, 6) is 0. The summed E-state index contributed by atoms with van der Waals surface area (Å²) < 4.78 is 3.44. The molecule has 0 aliphatic rings. The quantitative estimate of drug-likeness (QED) is 0.394. The van der Waals surface area contributed by atoms with Gasteiger partial charge in [-0.3, -0.25) is 0 Å². The van der Waals surface area contributed by atoms with Crippen LogP contribution in [-0.2, 0) is 0 Å². The van der Waals surface area contributed by atoms with Gasteiger partial charge in [0.1, 0.15) is 0 Å². The Labute approximate surface area is 58.7 Å². The molecule has 0 spiro atoms. The van der Waals surface area contributed by atoms with Gasteiger partial charge in [0.25, 0.3) is 0 Å². The van der Waals surface area contributed by atoms with Crippen molar-refractivity contribution in [1.29, 1.82) is 0 Å². The Bertz CT molecular complexity index is 94.0. The molecule has 3 N–H and O–H groups in total. The fraction of sp³-hybridized carbons (Fsp3) is 0.250. The van der Waals surface area contributed by atoms with Gasteiger partial charge in [-0.2, -0.15) is 0 Å². The maximum absolute atomic E-state index is 9.98. The third-order valence-corrected chi connectivity index (χ3v) is 2.51. The zero-order chi connectivity index (χ0) is 6.41. The molecular weight excluding hydrogens is 220 g/mol. The van der Waals surface area contributed by atoms with Crippen LogP contribution in [-0.4, -0.2) is 27.2 Å². The third-order valence-electron chi connectivity index (χ3n) is 0.374. The maximum atomic E-state index is 9.98. The van der Waals surface area contributed by atoms with Gasteiger partial charge in [-0.05, 0) is 0 Å². The number of urea groups is 1. The molecule has 0 atom stereocenters. The van der Waals surface area contributed by atoms with Crippen LogP contribution < -0.4 is 9.30 Å². The molecule has 0 heterocycles. The molecular formula is C4H8N2OTe. The van der Waals surface area contributed by atoms with Crippen molar-refractivity contribution >= 4 is 27.2 Å². The van der Waals surface area contributed by atoms with Gasteiger partial charge in [-0.25, -0.2) is 0 Å². The van der Waals surface area contributed by atoms with E-state index >= 15 is 0 Å². The molecule has 8 heavy (non-hydrogen) atoms. The van der Waals surface area contributed by atoms with Crippen LogP contribution in [0.4, 0.5) is 4.79 Å². The van der Waals surface area contributed by atoms with E-state index in [1.807, 2.05) is 0 Å².